The molecule has 0 aromatic heterocycles. The normalized spacial score (nSPS) is 36.6. The standard InChI is InChI=1S/C24H34O5/c1-14(2)23-19-12-20(27)16(4)10-8-9-15(3)11-22(29-18(6)26)24(19,7)13-21(23)28-17(5)25/h10-11,19,21-23H,1,8-9,12-13H2,2-7H3/b15-11-,16-10-/t19-,21-,22+,23-,24-/m0/s1. The average molecular weight is 403 g/mol. The second-order valence-electron chi connectivity index (χ2n) is 8.93. The maximum atomic E-state index is 13.0. The van der Waals surface area contributed by atoms with Crippen LogP contribution in [0.4, 0.5) is 0 Å². The lowest BCUT2D eigenvalue weighted by molar-refractivity contribution is -0.153. The first-order valence-electron chi connectivity index (χ1n) is 10.3. The predicted molar refractivity (Wildman–Crippen MR) is 112 cm³/mol. The lowest BCUT2D eigenvalue weighted by Crippen LogP contribution is -2.40. The number of fused-ring (bicyclic) bond motifs is 1. The van der Waals surface area contributed by atoms with Gasteiger partial charge < -0.3 is 9.47 Å². The maximum Gasteiger partial charge on any atom is 0.303 e. The number of carbonyl (C=O) groups is 3. The van der Waals surface area contributed by atoms with Gasteiger partial charge in [0.25, 0.3) is 0 Å². The highest BCUT2D eigenvalue weighted by molar-refractivity contribution is 5.95. The van der Waals surface area contributed by atoms with E-state index in [1.54, 1.807) is 0 Å². The fourth-order valence-electron chi connectivity index (χ4n) is 4.93. The first kappa shape index (κ1) is 23.1. The summed E-state index contributed by atoms with van der Waals surface area (Å²) in [6.07, 6.45) is 5.47. The summed E-state index contributed by atoms with van der Waals surface area (Å²) in [6, 6.07) is 0. The van der Waals surface area contributed by atoms with Crippen molar-refractivity contribution in [3.05, 3.63) is 35.5 Å². The quantitative estimate of drug-likeness (QED) is 0.505. The molecule has 2 aliphatic carbocycles. The van der Waals surface area contributed by atoms with E-state index in [2.05, 4.69) is 6.58 Å². The molecule has 160 valence electrons. The third kappa shape index (κ3) is 5.26. The molecule has 5 nitrogen and oxygen atoms in total. The number of allylic oxidation sites excluding steroid dienone is 3. The van der Waals surface area contributed by atoms with Crippen LogP contribution in [-0.2, 0) is 23.9 Å². The minimum atomic E-state index is -0.559. The molecule has 29 heavy (non-hydrogen) atoms. The minimum Gasteiger partial charge on any atom is -0.462 e. The zero-order valence-electron chi connectivity index (χ0n) is 18.5. The second kappa shape index (κ2) is 9.10. The highest BCUT2D eigenvalue weighted by Crippen LogP contribution is 2.55. The third-order valence-corrected chi connectivity index (χ3v) is 6.42. The van der Waals surface area contributed by atoms with E-state index in [4.69, 9.17) is 9.47 Å². The van der Waals surface area contributed by atoms with Crippen molar-refractivity contribution in [2.75, 3.05) is 0 Å². The zero-order chi connectivity index (χ0) is 21.9. The Balaban J connectivity index is 2.63. The van der Waals surface area contributed by atoms with Gasteiger partial charge in [-0.25, -0.2) is 0 Å². The van der Waals surface area contributed by atoms with Gasteiger partial charge in [0.05, 0.1) is 0 Å². The highest BCUT2D eigenvalue weighted by Gasteiger charge is 2.57. The molecule has 2 rings (SSSR count). The molecule has 0 aromatic rings. The van der Waals surface area contributed by atoms with Crippen LogP contribution >= 0.6 is 0 Å². The van der Waals surface area contributed by atoms with Gasteiger partial charge >= 0.3 is 11.9 Å². The molecule has 0 heterocycles. The SMILES string of the molecule is C=C(C)[C@@H]1[C@@H](OC(C)=O)C[C@]2(C)[C@H](OC(C)=O)/C=C(/C)CC/C=C(/C)C(=O)C[C@@H]12. The number of Topliss-reactive ketones (excluding diaryl/α,β-unsaturated/α-hetero) is 1. The van der Waals surface area contributed by atoms with Crippen molar-refractivity contribution in [1.29, 1.82) is 0 Å². The third-order valence-electron chi connectivity index (χ3n) is 6.42. The average Bonchev–Trinajstić information content (AvgIpc) is 2.84. The van der Waals surface area contributed by atoms with Crippen LogP contribution in [0, 0.1) is 17.3 Å². The minimum absolute atomic E-state index is 0.0806. The molecule has 0 bridgehead atoms. The van der Waals surface area contributed by atoms with Gasteiger partial charge in [-0.05, 0) is 57.6 Å². The van der Waals surface area contributed by atoms with Crippen LogP contribution in [0.3, 0.4) is 0 Å². The zero-order valence-corrected chi connectivity index (χ0v) is 18.5. The molecule has 0 spiro atoms. The second-order valence-corrected chi connectivity index (χ2v) is 8.93. The van der Waals surface area contributed by atoms with E-state index in [0.29, 0.717) is 12.8 Å². The summed E-state index contributed by atoms with van der Waals surface area (Å²) >= 11 is 0. The molecule has 1 fully saturated rings. The highest BCUT2D eigenvalue weighted by atomic mass is 16.6. The van der Waals surface area contributed by atoms with Crippen LogP contribution in [0.5, 0.6) is 0 Å². The summed E-state index contributed by atoms with van der Waals surface area (Å²) in [5, 5.41) is 0. The molecular formula is C24H34O5. The molecule has 5 atom stereocenters. The number of ether oxygens (including phenoxy) is 2. The van der Waals surface area contributed by atoms with Crippen LogP contribution in [0.25, 0.3) is 0 Å². The molecule has 2 aliphatic rings. The van der Waals surface area contributed by atoms with E-state index in [1.807, 2.05) is 39.8 Å². The Hall–Kier alpha value is -2.17. The summed E-state index contributed by atoms with van der Waals surface area (Å²) < 4.78 is 11.4. The predicted octanol–water partition coefficient (Wildman–Crippen LogP) is 4.71. The van der Waals surface area contributed by atoms with Crippen molar-refractivity contribution in [2.24, 2.45) is 17.3 Å². The summed E-state index contributed by atoms with van der Waals surface area (Å²) in [7, 11) is 0. The van der Waals surface area contributed by atoms with Crippen molar-refractivity contribution >= 4 is 17.7 Å². The van der Waals surface area contributed by atoms with Crippen LogP contribution in [0.1, 0.15) is 67.2 Å². The monoisotopic (exact) mass is 402 g/mol. The van der Waals surface area contributed by atoms with E-state index in [1.165, 1.54) is 13.8 Å². The van der Waals surface area contributed by atoms with Crippen molar-refractivity contribution in [3.8, 4) is 0 Å². The number of ketones is 1. The maximum absolute atomic E-state index is 13.0. The Labute approximate surface area is 174 Å². The summed E-state index contributed by atoms with van der Waals surface area (Å²) in [4.78, 5) is 36.7. The van der Waals surface area contributed by atoms with E-state index < -0.39 is 17.6 Å². The van der Waals surface area contributed by atoms with Gasteiger partial charge in [-0.2, -0.15) is 0 Å². The number of hydrogen-bond acceptors (Lipinski definition) is 5. The Morgan fingerprint density at radius 2 is 1.76 bits per heavy atom. The van der Waals surface area contributed by atoms with Gasteiger partial charge in [0.15, 0.2) is 5.78 Å². The number of esters is 2. The Bertz CT molecular complexity index is 759. The van der Waals surface area contributed by atoms with E-state index in [-0.39, 0.29) is 29.6 Å². The van der Waals surface area contributed by atoms with Gasteiger partial charge in [0.1, 0.15) is 12.2 Å². The molecule has 0 aromatic carbocycles. The Morgan fingerprint density at radius 1 is 1.14 bits per heavy atom. The molecule has 0 unspecified atom stereocenters. The van der Waals surface area contributed by atoms with Crippen LogP contribution in [-0.4, -0.2) is 29.9 Å². The van der Waals surface area contributed by atoms with Crippen molar-refractivity contribution in [1.82, 2.24) is 0 Å². The molecule has 5 heteroatoms. The fourth-order valence-corrected chi connectivity index (χ4v) is 4.93. The Kier molecular flexibility index (Phi) is 7.25. The smallest absolute Gasteiger partial charge is 0.303 e. The van der Waals surface area contributed by atoms with Crippen molar-refractivity contribution in [3.63, 3.8) is 0 Å². The van der Waals surface area contributed by atoms with Gasteiger partial charge in [0.2, 0.25) is 0 Å². The largest absolute Gasteiger partial charge is 0.462 e. The number of rotatable bonds is 3. The number of hydrogen-bond donors (Lipinski definition) is 0. The van der Waals surface area contributed by atoms with E-state index >= 15 is 0 Å². The van der Waals surface area contributed by atoms with Crippen LogP contribution in [0.2, 0.25) is 0 Å². The van der Waals surface area contributed by atoms with Gasteiger partial charge in [-0.15, -0.1) is 0 Å². The van der Waals surface area contributed by atoms with Gasteiger partial charge in [0, 0.05) is 31.6 Å². The summed E-state index contributed by atoms with van der Waals surface area (Å²) in [5.41, 5.74) is 2.17. The first-order valence-corrected chi connectivity index (χ1v) is 10.3. The molecule has 0 N–H and O–H groups in total. The van der Waals surface area contributed by atoms with Gasteiger partial charge in [-0.3, -0.25) is 14.4 Å². The van der Waals surface area contributed by atoms with E-state index in [0.717, 1.165) is 29.6 Å². The summed E-state index contributed by atoms with van der Waals surface area (Å²) in [5.74, 6) is -0.974. The molecule has 0 saturated heterocycles. The molecule has 0 aliphatic heterocycles. The summed E-state index contributed by atoms with van der Waals surface area (Å²) in [6.45, 7) is 14.8. The van der Waals surface area contributed by atoms with Gasteiger partial charge in [-0.1, -0.05) is 30.7 Å². The number of carbonyl (C=O) groups excluding carboxylic acids is 3. The topological polar surface area (TPSA) is 69.7 Å². The Morgan fingerprint density at radius 3 is 2.31 bits per heavy atom. The first-order chi connectivity index (χ1) is 13.5. The van der Waals surface area contributed by atoms with E-state index in [9.17, 15) is 14.4 Å². The molecule has 0 radical (unpaired) electrons. The lowest BCUT2D eigenvalue weighted by Gasteiger charge is -2.38. The molecular weight excluding hydrogens is 368 g/mol. The molecule has 1 saturated carbocycles. The lowest BCUT2D eigenvalue weighted by atomic mass is 9.69. The van der Waals surface area contributed by atoms with Crippen LogP contribution in [0.15, 0.2) is 35.5 Å². The van der Waals surface area contributed by atoms with Crippen molar-refractivity contribution < 1.29 is 23.9 Å². The van der Waals surface area contributed by atoms with Crippen LogP contribution < -0.4 is 0 Å². The fraction of sp³-hybridized carbons (Fsp3) is 0.625. The molecule has 0 amide bonds. The van der Waals surface area contributed by atoms with Crippen molar-refractivity contribution in [2.45, 2.75) is 79.4 Å².